The summed E-state index contributed by atoms with van der Waals surface area (Å²) in [4.78, 5) is 18.2. The minimum Gasteiger partial charge on any atom is -0.369 e. The van der Waals surface area contributed by atoms with Gasteiger partial charge < -0.3 is 10.2 Å². The third-order valence-electron chi connectivity index (χ3n) is 5.48. The zero-order chi connectivity index (χ0) is 23.5. The van der Waals surface area contributed by atoms with E-state index in [4.69, 9.17) is 0 Å². The van der Waals surface area contributed by atoms with Crippen molar-refractivity contribution in [1.29, 1.82) is 0 Å². The van der Waals surface area contributed by atoms with Gasteiger partial charge in [-0.05, 0) is 47.5 Å². The molecule has 3 aromatic carbocycles. The van der Waals surface area contributed by atoms with E-state index in [-0.39, 0.29) is 5.91 Å². The van der Waals surface area contributed by atoms with E-state index in [2.05, 4.69) is 90.1 Å². The van der Waals surface area contributed by atoms with Crippen LogP contribution in [0, 0.1) is 0 Å². The number of benzene rings is 3. The zero-order valence-corrected chi connectivity index (χ0v) is 20.6. The molecule has 0 unspecified atom stereocenters. The smallest absolute Gasteiger partial charge is 0.251 e. The molecular weight excluding hydrogens is 426 g/mol. The number of nitrogens with zero attached hydrogens (tertiary/aromatic N) is 2. The number of hydrogen-bond donors (Lipinski definition) is 2. The molecule has 0 aliphatic carbocycles. The highest BCUT2D eigenvalue weighted by Gasteiger charge is 2.17. The average molecular weight is 462 g/mol. The van der Waals surface area contributed by atoms with Crippen LogP contribution in [0.5, 0.6) is 0 Å². The Labute approximate surface area is 204 Å². The zero-order valence-electron chi connectivity index (χ0n) is 19.7. The van der Waals surface area contributed by atoms with Crippen molar-refractivity contribution in [2.24, 2.45) is 0 Å². The quantitative estimate of drug-likeness (QED) is 0.466. The van der Waals surface area contributed by atoms with Gasteiger partial charge in [0, 0.05) is 55.4 Å². The molecule has 0 aromatic heterocycles. The van der Waals surface area contributed by atoms with E-state index in [0.717, 1.165) is 43.2 Å². The fraction of sp³-hybridized carbons (Fsp3) is 0.321. The van der Waals surface area contributed by atoms with Crippen molar-refractivity contribution in [2.45, 2.75) is 38.3 Å². The molecule has 0 saturated carbocycles. The van der Waals surface area contributed by atoms with E-state index in [0.29, 0.717) is 12.1 Å². The molecule has 0 atom stereocenters. The van der Waals surface area contributed by atoms with Gasteiger partial charge in [-0.1, -0.05) is 62.7 Å². The summed E-state index contributed by atoms with van der Waals surface area (Å²) in [5.74, 6) is -0.0411. The second kappa shape index (κ2) is 13.1. The van der Waals surface area contributed by atoms with Crippen molar-refractivity contribution >= 4 is 24.2 Å². The number of thiol groups is 1. The highest BCUT2D eigenvalue weighted by Crippen LogP contribution is 2.19. The molecule has 1 aliphatic heterocycles. The van der Waals surface area contributed by atoms with Crippen LogP contribution >= 0.6 is 12.6 Å². The Kier molecular flexibility index (Phi) is 9.85. The van der Waals surface area contributed by atoms with Crippen LogP contribution in [0.4, 0.5) is 5.69 Å². The summed E-state index contributed by atoms with van der Waals surface area (Å²) in [7, 11) is 0. The summed E-state index contributed by atoms with van der Waals surface area (Å²) in [5.41, 5.74) is 4.36. The highest BCUT2D eigenvalue weighted by molar-refractivity contribution is 7.80. The number of carbonyl (C=O) groups is 1. The standard InChI is InChI=1S/C25H27N3OS.C3H8/c29-25(22-6-2-1-3-7-22)26-18-21-5-4-8-23(17-21)28-15-13-27(14-16-28)19-20-9-11-24(30)12-10-20;1-3-2/h1-12,17,30H,13-16,18-19H2,(H,26,29);3H2,1-2H3. The van der Waals surface area contributed by atoms with Gasteiger partial charge in [0.1, 0.15) is 0 Å². The van der Waals surface area contributed by atoms with Crippen LogP contribution in [-0.2, 0) is 13.1 Å². The predicted octanol–water partition coefficient (Wildman–Crippen LogP) is 5.64. The van der Waals surface area contributed by atoms with Crippen LogP contribution in [0.25, 0.3) is 0 Å². The SMILES string of the molecule is CCC.O=C(NCc1cccc(N2CCN(Cc3ccc(S)cc3)CC2)c1)c1ccccc1. The Balaban J connectivity index is 0.000000968. The lowest BCUT2D eigenvalue weighted by Crippen LogP contribution is -2.46. The maximum absolute atomic E-state index is 12.3. The lowest BCUT2D eigenvalue weighted by Gasteiger charge is -2.36. The van der Waals surface area contributed by atoms with Gasteiger partial charge in [-0.3, -0.25) is 9.69 Å². The molecule has 1 aliphatic rings. The Morgan fingerprint density at radius 3 is 2.18 bits per heavy atom. The second-order valence-corrected chi connectivity index (χ2v) is 8.87. The van der Waals surface area contributed by atoms with Gasteiger partial charge in [-0.25, -0.2) is 0 Å². The first-order valence-electron chi connectivity index (χ1n) is 11.8. The lowest BCUT2D eigenvalue weighted by atomic mass is 10.1. The van der Waals surface area contributed by atoms with E-state index in [1.54, 1.807) is 0 Å². The topological polar surface area (TPSA) is 35.6 Å². The monoisotopic (exact) mass is 461 g/mol. The van der Waals surface area contributed by atoms with E-state index in [1.165, 1.54) is 17.7 Å². The van der Waals surface area contributed by atoms with Gasteiger partial charge in [0.2, 0.25) is 0 Å². The molecule has 0 spiro atoms. The van der Waals surface area contributed by atoms with Crippen molar-refractivity contribution in [3.63, 3.8) is 0 Å². The Morgan fingerprint density at radius 2 is 1.52 bits per heavy atom. The third-order valence-corrected chi connectivity index (χ3v) is 5.78. The van der Waals surface area contributed by atoms with Crippen LogP contribution in [0.2, 0.25) is 0 Å². The first kappa shape index (κ1) is 24.9. The number of amides is 1. The molecule has 1 N–H and O–H groups in total. The Hall–Kier alpha value is -2.76. The molecule has 0 radical (unpaired) electrons. The van der Waals surface area contributed by atoms with Crippen LogP contribution in [0.3, 0.4) is 0 Å². The van der Waals surface area contributed by atoms with Crippen molar-refractivity contribution in [3.8, 4) is 0 Å². The molecule has 174 valence electrons. The van der Waals surface area contributed by atoms with Gasteiger partial charge in [0.15, 0.2) is 0 Å². The summed E-state index contributed by atoms with van der Waals surface area (Å²) in [5, 5.41) is 3.01. The van der Waals surface area contributed by atoms with E-state index in [9.17, 15) is 4.79 Å². The van der Waals surface area contributed by atoms with Gasteiger partial charge in [-0.15, -0.1) is 12.6 Å². The molecule has 1 saturated heterocycles. The molecule has 5 heteroatoms. The number of rotatable bonds is 6. The predicted molar refractivity (Wildman–Crippen MR) is 141 cm³/mol. The molecule has 4 rings (SSSR count). The fourth-order valence-electron chi connectivity index (χ4n) is 3.76. The van der Waals surface area contributed by atoms with E-state index < -0.39 is 0 Å². The summed E-state index contributed by atoms with van der Waals surface area (Å²) in [6.07, 6.45) is 1.25. The molecule has 1 amide bonds. The first-order chi connectivity index (χ1) is 16.1. The van der Waals surface area contributed by atoms with Crippen LogP contribution in [-0.4, -0.2) is 37.0 Å². The fourth-order valence-corrected chi connectivity index (χ4v) is 3.91. The van der Waals surface area contributed by atoms with Gasteiger partial charge in [0.05, 0.1) is 0 Å². The summed E-state index contributed by atoms with van der Waals surface area (Å²) in [6, 6.07) is 26.2. The maximum Gasteiger partial charge on any atom is 0.251 e. The van der Waals surface area contributed by atoms with Crippen LogP contribution in [0.1, 0.15) is 41.8 Å². The molecule has 4 nitrogen and oxygen atoms in total. The molecule has 0 bridgehead atoms. The number of nitrogens with one attached hydrogen (secondary N) is 1. The molecular formula is C28H35N3OS. The van der Waals surface area contributed by atoms with Gasteiger partial charge >= 0.3 is 0 Å². The number of carbonyl (C=O) groups excluding carboxylic acids is 1. The summed E-state index contributed by atoms with van der Waals surface area (Å²) < 4.78 is 0. The van der Waals surface area contributed by atoms with Gasteiger partial charge in [-0.2, -0.15) is 0 Å². The van der Waals surface area contributed by atoms with Crippen molar-refractivity contribution in [2.75, 3.05) is 31.1 Å². The lowest BCUT2D eigenvalue weighted by molar-refractivity contribution is 0.0951. The number of hydrogen-bond acceptors (Lipinski definition) is 4. The van der Waals surface area contributed by atoms with Crippen molar-refractivity contribution in [3.05, 3.63) is 95.6 Å². The molecule has 33 heavy (non-hydrogen) atoms. The van der Waals surface area contributed by atoms with E-state index in [1.807, 2.05) is 30.3 Å². The summed E-state index contributed by atoms with van der Waals surface area (Å²) >= 11 is 4.36. The second-order valence-electron chi connectivity index (χ2n) is 8.36. The van der Waals surface area contributed by atoms with Crippen LogP contribution < -0.4 is 10.2 Å². The van der Waals surface area contributed by atoms with Crippen LogP contribution in [0.15, 0.2) is 83.8 Å². The Morgan fingerprint density at radius 1 is 0.848 bits per heavy atom. The minimum atomic E-state index is -0.0411. The normalized spacial score (nSPS) is 13.7. The molecule has 1 fully saturated rings. The van der Waals surface area contributed by atoms with Gasteiger partial charge in [0.25, 0.3) is 5.91 Å². The Bertz CT molecular complexity index is 984. The highest BCUT2D eigenvalue weighted by atomic mass is 32.1. The largest absolute Gasteiger partial charge is 0.369 e. The first-order valence-corrected chi connectivity index (χ1v) is 12.2. The van der Waals surface area contributed by atoms with Crippen molar-refractivity contribution < 1.29 is 4.79 Å². The maximum atomic E-state index is 12.3. The number of anilines is 1. The average Bonchev–Trinajstić information content (AvgIpc) is 2.86. The molecule has 1 heterocycles. The summed E-state index contributed by atoms with van der Waals surface area (Å²) in [6.45, 7) is 9.85. The third kappa shape index (κ3) is 7.95. The minimum absolute atomic E-state index is 0.0411. The van der Waals surface area contributed by atoms with Crippen molar-refractivity contribution in [1.82, 2.24) is 10.2 Å². The molecule has 3 aromatic rings. The number of piperazine rings is 1. The van der Waals surface area contributed by atoms with E-state index >= 15 is 0 Å².